The van der Waals surface area contributed by atoms with Crippen LogP contribution in [0.2, 0.25) is 5.15 Å². The second-order valence-electron chi connectivity index (χ2n) is 4.46. The highest BCUT2D eigenvalue weighted by Crippen LogP contribution is 2.23. The number of hydrogen-bond donors (Lipinski definition) is 1. The fraction of sp³-hybridized carbons (Fsp3) is 0.417. The molecule has 0 spiro atoms. The summed E-state index contributed by atoms with van der Waals surface area (Å²) < 4.78 is 0.701. The number of likely N-dealkylation sites (tertiary alicyclic amines) is 1. The quantitative estimate of drug-likeness (QED) is 0.830. The van der Waals surface area contributed by atoms with Crippen molar-refractivity contribution < 1.29 is 9.59 Å². The molecule has 0 unspecified atom stereocenters. The van der Waals surface area contributed by atoms with Crippen LogP contribution in [-0.4, -0.2) is 34.8 Å². The Bertz CT molecular complexity index is 516. The van der Waals surface area contributed by atoms with E-state index < -0.39 is 0 Å². The van der Waals surface area contributed by atoms with Gasteiger partial charge in [0.05, 0.1) is 5.56 Å². The average Bonchev–Trinajstić information content (AvgIpc) is 2.41. The number of aromatic nitrogens is 1. The van der Waals surface area contributed by atoms with Crippen molar-refractivity contribution in [1.29, 1.82) is 0 Å². The van der Waals surface area contributed by atoms with E-state index in [4.69, 9.17) is 17.3 Å². The van der Waals surface area contributed by atoms with Crippen LogP contribution in [0.4, 0.5) is 0 Å². The van der Waals surface area contributed by atoms with Crippen molar-refractivity contribution in [1.82, 2.24) is 9.88 Å². The predicted octanol–water partition coefficient (Wildman–Crippen LogP) is 1.83. The molecule has 0 bridgehead atoms. The summed E-state index contributed by atoms with van der Waals surface area (Å²) in [7, 11) is 0. The van der Waals surface area contributed by atoms with E-state index in [9.17, 15) is 9.59 Å². The van der Waals surface area contributed by atoms with Crippen LogP contribution in [0.25, 0.3) is 0 Å². The molecule has 1 aliphatic heterocycles. The third-order valence-electron chi connectivity index (χ3n) is 3.22. The summed E-state index contributed by atoms with van der Waals surface area (Å²) in [4.78, 5) is 29.0. The van der Waals surface area contributed by atoms with E-state index in [1.54, 1.807) is 17.2 Å². The van der Waals surface area contributed by atoms with Crippen molar-refractivity contribution in [3.63, 3.8) is 0 Å². The van der Waals surface area contributed by atoms with E-state index in [1.165, 1.54) is 0 Å². The first-order valence-electron chi connectivity index (χ1n) is 5.88. The first-order valence-corrected chi connectivity index (χ1v) is 7.05. The average molecular weight is 347 g/mol. The number of halogens is 2. The van der Waals surface area contributed by atoms with Crippen LogP contribution in [0.3, 0.4) is 0 Å². The molecule has 1 saturated heterocycles. The Hall–Kier alpha value is -1.14. The third-order valence-corrected chi connectivity index (χ3v) is 3.96. The summed E-state index contributed by atoms with van der Waals surface area (Å²) in [5, 5.41) is 0.185. The van der Waals surface area contributed by atoms with Gasteiger partial charge >= 0.3 is 0 Å². The second kappa shape index (κ2) is 5.88. The van der Waals surface area contributed by atoms with Crippen molar-refractivity contribution in [3.05, 3.63) is 27.5 Å². The zero-order chi connectivity index (χ0) is 14.0. The van der Waals surface area contributed by atoms with E-state index >= 15 is 0 Å². The molecule has 0 aliphatic carbocycles. The van der Waals surface area contributed by atoms with E-state index in [-0.39, 0.29) is 22.9 Å². The minimum Gasteiger partial charge on any atom is -0.369 e. The molecule has 0 radical (unpaired) electrons. The van der Waals surface area contributed by atoms with Crippen LogP contribution in [0, 0.1) is 5.92 Å². The number of nitrogens with two attached hydrogens (primary N) is 1. The SMILES string of the molecule is NC(=O)C1CCN(C(=O)c2cc(Br)cnc2Cl)CC1. The smallest absolute Gasteiger partial charge is 0.257 e. The van der Waals surface area contributed by atoms with Crippen molar-refractivity contribution in [2.24, 2.45) is 11.7 Å². The highest BCUT2D eigenvalue weighted by molar-refractivity contribution is 9.10. The molecule has 102 valence electrons. The molecular weight excluding hydrogens is 334 g/mol. The fourth-order valence-electron chi connectivity index (χ4n) is 2.11. The Morgan fingerprint density at radius 2 is 2.05 bits per heavy atom. The van der Waals surface area contributed by atoms with E-state index in [1.807, 2.05) is 0 Å². The van der Waals surface area contributed by atoms with Gasteiger partial charge in [0.2, 0.25) is 5.91 Å². The molecule has 5 nitrogen and oxygen atoms in total. The van der Waals surface area contributed by atoms with Crippen LogP contribution in [0.5, 0.6) is 0 Å². The van der Waals surface area contributed by atoms with Gasteiger partial charge in [-0.05, 0) is 34.8 Å². The number of piperidine rings is 1. The van der Waals surface area contributed by atoms with Gasteiger partial charge in [-0.3, -0.25) is 9.59 Å². The first kappa shape index (κ1) is 14.3. The number of carbonyl (C=O) groups excluding carboxylic acids is 2. The molecule has 1 aromatic heterocycles. The van der Waals surface area contributed by atoms with Crippen LogP contribution in [0.1, 0.15) is 23.2 Å². The third kappa shape index (κ3) is 3.25. The van der Waals surface area contributed by atoms with Crippen LogP contribution < -0.4 is 5.73 Å². The van der Waals surface area contributed by atoms with Gasteiger partial charge in [-0.25, -0.2) is 4.98 Å². The Morgan fingerprint density at radius 3 is 2.63 bits per heavy atom. The minimum absolute atomic E-state index is 0.139. The number of carbonyl (C=O) groups is 2. The van der Waals surface area contributed by atoms with Crippen LogP contribution in [-0.2, 0) is 4.79 Å². The number of amides is 2. The summed E-state index contributed by atoms with van der Waals surface area (Å²) >= 11 is 9.20. The van der Waals surface area contributed by atoms with Crippen molar-refractivity contribution in [3.8, 4) is 0 Å². The lowest BCUT2D eigenvalue weighted by molar-refractivity contribution is -0.123. The maximum absolute atomic E-state index is 12.3. The molecule has 1 aliphatic rings. The van der Waals surface area contributed by atoms with E-state index in [2.05, 4.69) is 20.9 Å². The Balaban J connectivity index is 2.09. The lowest BCUT2D eigenvalue weighted by atomic mass is 9.96. The zero-order valence-corrected chi connectivity index (χ0v) is 12.4. The van der Waals surface area contributed by atoms with Crippen molar-refractivity contribution in [2.75, 3.05) is 13.1 Å². The largest absolute Gasteiger partial charge is 0.369 e. The summed E-state index contributed by atoms with van der Waals surface area (Å²) in [6.07, 6.45) is 2.73. The first-order chi connectivity index (χ1) is 8.99. The number of nitrogens with zero attached hydrogens (tertiary/aromatic N) is 2. The van der Waals surface area contributed by atoms with E-state index in [0.717, 1.165) is 0 Å². The number of hydrogen-bond acceptors (Lipinski definition) is 3. The predicted molar refractivity (Wildman–Crippen MR) is 74.8 cm³/mol. The van der Waals surface area contributed by atoms with Crippen molar-refractivity contribution in [2.45, 2.75) is 12.8 Å². The zero-order valence-electron chi connectivity index (χ0n) is 10.1. The lowest BCUT2D eigenvalue weighted by Gasteiger charge is -2.30. The molecule has 2 heterocycles. The fourth-order valence-corrected chi connectivity index (χ4v) is 2.63. The van der Waals surface area contributed by atoms with Gasteiger partial charge in [0.25, 0.3) is 5.91 Å². The van der Waals surface area contributed by atoms with Crippen LogP contribution in [0.15, 0.2) is 16.7 Å². The van der Waals surface area contributed by atoms with Crippen molar-refractivity contribution >= 4 is 39.3 Å². The molecule has 1 fully saturated rings. The van der Waals surface area contributed by atoms with Gasteiger partial charge in [0, 0.05) is 29.7 Å². The molecule has 2 N–H and O–H groups in total. The number of pyridine rings is 1. The maximum Gasteiger partial charge on any atom is 0.257 e. The highest BCUT2D eigenvalue weighted by atomic mass is 79.9. The summed E-state index contributed by atoms with van der Waals surface area (Å²) in [6, 6.07) is 1.65. The summed E-state index contributed by atoms with van der Waals surface area (Å²) in [6.45, 7) is 1.02. The maximum atomic E-state index is 12.3. The van der Waals surface area contributed by atoms with Crippen LogP contribution >= 0.6 is 27.5 Å². The topological polar surface area (TPSA) is 76.3 Å². The standard InChI is InChI=1S/C12H13BrClN3O2/c13-8-5-9(10(14)16-6-8)12(19)17-3-1-7(2-4-17)11(15)18/h5-7H,1-4H2,(H2,15,18). The molecule has 0 aromatic carbocycles. The van der Waals surface area contributed by atoms with Gasteiger partial charge in [-0.2, -0.15) is 0 Å². The molecule has 7 heteroatoms. The highest BCUT2D eigenvalue weighted by Gasteiger charge is 2.27. The molecule has 0 saturated carbocycles. The molecule has 1 aromatic rings. The lowest BCUT2D eigenvalue weighted by Crippen LogP contribution is -2.41. The summed E-state index contributed by atoms with van der Waals surface area (Å²) in [5.74, 6) is -0.601. The van der Waals surface area contributed by atoms with Gasteiger partial charge in [0.1, 0.15) is 5.15 Å². The van der Waals surface area contributed by atoms with Gasteiger partial charge < -0.3 is 10.6 Å². The molecule has 0 atom stereocenters. The molecule has 2 amide bonds. The minimum atomic E-state index is -0.297. The van der Waals surface area contributed by atoms with Gasteiger partial charge in [-0.15, -0.1) is 0 Å². The monoisotopic (exact) mass is 345 g/mol. The van der Waals surface area contributed by atoms with E-state index in [0.29, 0.717) is 36.0 Å². The Kier molecular flexibility index (Phi) is 4.42. The Labute approximate surface area is 124 Å². The molecule has 19 heavy (non-hydrogen) atoms. The molecular formula is C12H13BrClN3O2. The normalized spacial score (nSPS) is 16.4. The number of rotatable bonds is 2. The number of primary amides is 1. The van der Waals surface area contributed by atoms with Gasteiger partial charge in [-0.1, -0.05) is 11.6 Å². The second-order valence-corrected chi connectivity index (χ2v) is 5.73. The Morgan fingerprint density at radius 1 is 1.42 bits per heavy atom. The van der Waals surface area contributed by atoms with Gasteiger partial charge in [0.15, 0.2) is 0 Å². The molecule has 2 rings (SSSR count). The summed E-state index contributed by atoms with van der Waals surface area (Å²) in [5.41, 5.74) is 5.63.